The number of piperidine rings is 1. The Bertz CT molecular complexity index is 1140. The lowest BCUT2D eigenvalue weighted by molar-refractivity contribution is -0.127. The van der Waals surface area contributed by atoms with Crippen molar-refractivity contribution in [2.75, 3.05) is 35.6 Å². The van der Waals surface area contributed by atoms with Gasteiger partial charge in [-0.15, -0.1) is 3.89 Å². The Kier molecular flexibility index (Phi) is 5.80. The van der Waals surface area contributed by atoms with Gasteiger partial charge in [0.25, 0.3) is 0 Å². The average molecular weight is 466 g/mol. The van der Waals surface area contributed by atoms with E-state index in [0.29, 0.717) is 42.4 Å². The molecular formula is C21H25F2N5O3S. The van der Waals surface area contributed by atoms with Crippen molar-refractivity contribution in [3.05, 3.63) is 41.8 Å². The fourth-order valence-electron chi connectivity index (χ4n) is 4.45. The zero-order valence-electron chi connectivity index (χ0n) is 17.8. The summed E-state index contributed by atoms with van der Waals surface area (Å²) < 4.78 is 49.4. The number of nitrogens with zero attached hydrogens (tertiary/aromatic N) is 2. The number of benzene rings is 1. The number of hydrogen-bond acceptors (Lipinski definition) is 7. The Balaban J connectivity index is 1.57. The average Bonchev–Trinajstić information content (AvgIpc) is 3.00. The molecule has 2 aromatic rings. The molecule has 4 rings (SSSR count). The van der Waals surface area contributed by atoms with Crippen molar-refractivity contribution in [2.24, 2.45) is 0 Å². The number of anilines is 3. The second-order valence-corrected chi connectivity index (χ2v) is 9.53. The molecule has 2 aliphatic rings. The van der Waals surface area contributed by atoms with Gasteiger partial charge in [0, 0.05) is 24.7 Å². The number of aromatic nitrogens is 1. The minimum absolute atomic E-state index is 0.0837. The number of hydrogen-bond donors (Lipinski definition) is 3. The van der Waals surface area contributed by atoms with Crippen LogP contribution in [0.15, 0.2) is 35.4 Å². The number of halogens is 2. The van der Waals surface area contributed by atoms with Crippen molar-refractivity contribution < 1.29 is 21.5 Å². The highest BCUT2D eigenvalue weighted by Gasteiger charge is 2.49. The molecule has 0 spiro atoms. The molecule has 11 heteroatoms. The van der Waals surface area contributed by atoms with E-state index in [2.05, 4.69) is 20.9 Å². The molecule has 1 amide bonds. The summed E-state index contributed by atoms with van der Waals surface area (Å²) in [5.74, 6) is -0.221. The Morgan fingerprint density at radius 1 is 1.34 bits per heavy atom. The molecule has 1 aromatic carbocycles. The van der Waals surface area contributed by atoms with Gasteiger partial charge in [0.15, 0.2) is 0 Å². The lowest BCUT2D eigenvalue weighted by atomic mass is 9.88. The number of nitrogens with one attached hydrogen (secondary N) is 3. The molecule has 2 atom stereocenters. The van der Waals surface area contributed by atoms with Gasteiger partial charge in [-0.1, -0.05) is 0 Å². The molecule has 1 aromatic heterocycles. The third kappa shape index (κ3) is 4.02. The molecule has 0 radical (unpaired) electrons. The van der Waals surface area contributed by atoms with Crippen LogP contribution in [0.25, 0.3) is 0 Å². The normalized spacial score (nSPS) is 23.5. The summed E-state index contributed by atoms with van der Waals surface area (Å²) in [6, 6.07) is 5.26. The maximum Gasteiger partial charge on any atom is 0.333 e. The van der Waals surface area contributed by atoms with Crippen LogP contribution in [0.2, 0.25) is 0 Å². The van der Waals surface area contributed by atoms with Crippen LogP contribution < -0.4 is 16.0 Å². The zero-order valence-corrected chi connectivity index (χ0v) is 18.6. The van der Waals surface area contributed by atoms with Crippen LogP contribution in [-0.2, 0) is 20.6 Å². The standard InChI is InChI=1S/C21H25F2N5O3S/c1-3-24-17-10-13(22)9-16-19(17)27-20(29)21(16,2)28-8-4-5-14(12-28)26-18-7-6-15(11-25-18)32(23,30)31/h6-7,9-11,14,24H,3-5,8,12H2,1-2H3,(H,25,26)(H,27,29)/t14-,21?/m1/s1. The van der Waals surface area contributed by atoms with Crippen molar-refractivity contribution in [1.29, 1.82) is 0 Å². The predicted octanol–water partition coefficient (Wildman–Crippen LogP) is 3.05. The van der Waals surface area contributed by atoms with E-state index in [9.17, 15) is 21.5 Å². The minimum Gasteiger partial charge on any atom is -0.384 e. The molecule has 3 N–H and O–H groups in total. The van der Waals surface area contributed by atoms with E-state index in [4.69, 9.17) is 0 Å². The molecule has 0 saturated carbocycles. The second kappa shape index (κ2) is 8.28. The zero-order chi connectivity index (χ0) is 23.1. The van der Waals surface area contributed by atoms with Crippen molar-refractivity contribution >= 4 is 33.3 Å². The number of fused-ring (bicyclic) bond motifs is 1. The second-order valence-electron chi connectivity index (χ2n) is 8.18. The van der Waals surface area contributed by atoms with Crippen LogP contribution in [-0.4, -0.2) is 49.9 Å². The van der Waals surface area contributed by atoms with E-state index >= 15 is 0 Å². The van der Waals surface area contributed by atoms with E-state index in [-0.39, 0.29) is 11.9 Å². The number of carbonyl (C=O) groups is 1. The highest BCUT2D eigenvalue weighted by Crippen LogP contribution is 2.45. The summed E-state index contributed by atoms with van der Waals surface area (Å²) in [5, 5.41) is 9.24. The van der Waals surface area contributed by atoms with E-state index in [1.807, 2.05) is 11.8 Å². The molecule has 32 heavy (non-hydrogen) atoms. The van der Waals surface area contributed by atoms with Crippen molar-refractivity contribution in [1.82, 2.24) is 9.88 Å². The van der Waals surface area contributed by atoms with Gasteiger partial charge in [0.05, 0.1) is 17.6 Å². The predicted molar refractivity (Wildman–Crippen MR) is 117 cm³/mol. The number of likely N-dealkylation sites (tertiary alicyclic amines) is 1. The monoisotopic (exact) mass is 465 g/mol. The first-order chi connectivity index (χ1) is 15.1. The summed E-state index contributed by atoms with van der Waals surface area (Å²) in [4.78, 5) is 18.6. The Hall–Kier alpha value is -2.79. The third-order valence-corrected chi connectivity index (χ3v) is 6.90. The van der Waals surface area contributed by atoms with Gasteiger partial charge in [-0.2, -0.15) is 8.42 Å². The molecule has 2 aliphatic heterocycles. The van der Waals surface area contributed by atoms with Crippen LogP contribution in [0, 0.1) is 5.82 Å². The van der Waals surface area contributed by atoms with E-state index in [1.165, 1.54) is 18.2 Å². The van der Waals surface area contributed by atoms with Gasteiger partial charge in [-0.3, -0.25) is 9.69 Å². The van der Waals surface area contributed by atoms with E-state index in [0.717, 1.165) is 25.1 Å². The fraction of sp³-hybridized carbons (Fsp3) is 0.429. The molecule has 0 bridgehead atoms. The SMILES string of the molecule is CCNc1cc(F)cc2c1NC(=O)C2(C)N1CCC[C@@H](Nc2ccc(S(=O)(=O)F)cn2)C1. The first kappa shape index (κ1) is 22.4. The smallest absolute Gasteiger partial charge is 0.333 e. The molecule has 8 nitrogen and oxygen atoms in total. The van der Waals surface area contributed by atoms with Gasteiger partial charge in [-0.25, -0.2) is 9.37 Å². The lowest BCUT2D eigenvalue weighted by Crippen LogP contribution is -2.55. The maximum atomic E-state index is 14.4. The quantitative estimate of drug-likeness (QED) is 0.564. The van der Waals surface area contributed by atoms with Gasteiger partial charge in [0.2, 0.25) is 5.91 Å². The summed E-state index contributed by atoms with van der Waals surface area (Å²) in [5.41, 5.74) is 0.704. The number of carbonyl (C=O) groups excluding carboxylic acids is 1. The van der Waals surface area contributed by atoms with Crippen LogP contribution in [0.4, 0.5) is 25.5 Å². The third-order valence-electron chi connectivity index (χ3n) is 6.10. The molecule has 172 valence electrons. The molecule has 0 aliphatic carbocycles. The molecule has 1 unspecified atom stereocenters. The highest BCUT2D eigenvalue weighted by molar-refractivity contribution is 7.86. The van der Waals surface area contributed by atoms with Gasteiger partial charge in [-0.05, 0) is 57.5 Å². The van der Waals surface area contributed by atoms with Crippen LogP contribution in [0.3, 0.4) is 0 Å². The largest absolute Gasteiger partial charge is 0.384 e. The summed E-state index contributed by atoms with van der Waals surface area (Å²) in [6.07, 6.45) is 2.56. The Morgan fingerprint density at radius 2 is 2.12 bits per heavy atom. The number of amides is 1. The van der Waals surface area contributed by atoms with Gasteiger partial charge >= 0.3 is 10.2 Å². The molecule has 3 heterocycles. The topological polar surface area (TPSA) is 103 Å². The summed E-state index contributed by atoms with van der Waals surface area (Å²) in [6.45, 7) is 5.43. The van der Waals surface area contributed by atoms with Crippen molar-refractivity contribution in [2.45, 2.75) is 43.2 Å². The number of rotatable bonds is 6. The molecular weight excluding hydrogens is 440 g/mol. The Labute approximate surface area is 185 Å². The summed E-state index contributed by atoms with van der Waals surface area (Å²) >= 11 is 0. The number of pyridine rings is 1. The van der Waals surface area contributed by atoms with Crippen LogP contribution >= 0.6 is 0 Å². The first-order valence-electron chi connectivity index (χ1n) is 10.4. The van der Waals surface area contributed by atoms with Crippen LogP contribution in [0.1, 0.15) is 32.3 Å². The Morgan fingerprint density at radius 3 is 2.78 bits per heavy atom. The van der Waals surface area contributed by atoms with Crippen molar-refractivity contribution in [3.63, 3.8) is 0 Å². The fourth-order valence-corrected chi connectivity index (χ4v) is 4.86. The van der Waals surface area contributed by atoms with E-state index < -0.39 is 26.5 Å². The van der Waals surface area contributed by atoms with E-state index in [1.54, 1.807) is 6.92 Å². The maximum absolute atomic E-state index is 14.4. The summed E-state index contributed by atoms with van der Waals surface area (Å²) in [7, 11) is -4.81. The molecule has 1 fully saturated rings. The van der Waals surface area contributed by atoms with Gasteiger partial charge < -0.3 is 16.0 Å². The van der Waals surface area contributed by atoms with Crippen molar-refractivity contribution in [3.8, 4) is 0 Å². The van der Waals surface area contributed by atoms with Crippen LogP contribution in [0.5, 0.6) is 0 Å². The molecule has 1 saturated heterocycles. The lowest BCUT2D eigenvalue weighted by Gasteiger charge is -2.42. The first-order valence-corrected chi connectivity index (χ1v) is 11.8. The highest BCUT2D eigenvalue weighted by atomic mass is 32.3. The minimum atomic E-state index is -4.81. The van der Waals surface area contributed by atoms with Gasteiger partial charge in [0.1, 0.15) is 22.1 Å².